The number of aromatic nitrogens is 2. The summed E-state index contributed by atoms with van der Waals surface area (Å²) in [5, 5.41) is 24.8. The van der Waals surface area contributed by atoms with E-state index in [9.17, 15) is 19.6 Å². The van der Waals surface area contributed by atoms with E-state index in [-0.39, 0.29) is 29.2 Å². The van der Waals surface area contributed by atoms with Crippen molar-refractivity contribution in [1.29, 1.82) is 5.26 Å². The summed E-state index contributed by atoms with van der Waals surface area (Å²) in [4.78, 5) is 38.8. The lowest BCUT2D eigenvalue weighted by Gasteiger charge is -2.38. The number of hydrogen-bond acceptors (Lipinski definition) is 10. The van der Waals surface area contributed by atoms with Gasteiger partial charge in [0.1, 0.15) is 5.82 Å². The lowest BCUT2D eigenvalue weighted by molar-refractivity contribution is -0.116. The summed E-state index contributed by atoms with van der Waals surface area (Å²) in [5.74, 6) is -0.245. The monoisotopic (exact) mass is 613 g/mol. The fourth-order valence-corrected chi connectivity index (χ4v) is 6.91. The summed E-state index contributed by atoms with van der Waals surface area (Å²) in [6, 6.07) is 17.1. The number of nitriles is 1. The molecule has 0 saturated carbocycles. The van der Waals surface area contributed by atoms with Gasteiger partial charge in [-0.05, 0) is 54.2 Å². The van der Waals surface area contributed by atoms with E-state index in [0.717, 1.165) is 11.3 Å². The summed E-state index contributed by atoms with van der Waals surface area (Å²) < 4.78 is 0.549. The Kier molecular flexibility index (Phi) is 8.94. The van der Waals surface area contributed by atoms with Crippen molar-refractivity contribution >= 4 is 57.2 Å². The van der Waals surface area contributed by atoms with Crippen LogP contribution in [0.2, 0.25) is 0 Å². The van der Waals surface area contributed by atoms with Gasteiger partial charge >= 0.3 is 0 Å². The molecule has 2 heterocycles. The van der Waals surface area contributed by atoms with Crippen LogP contribution in [0.5, 0.6) is 0 Å². The Balaban J connectivity index is 1.35. The summed E-state index contributed by atoms with van der Waals surface area (Å²) in [6.45, 7) is 5.67. The third kappa shape index (κ3) is 6.48. The van der Waals surface area contributed by atoms with E-state index in [1.54, 1.807) is 29.2 Å². The van der Waals surface area contributed by atoms with E-state index >= 15 is 0 Å². The highest BCUT2D eigenvalue weighted by Crippen LogP contribution is 2.47. The molecule has 0 fully saturated rings. The molecule has 3 aromatic rings. The quantitative estimate of drug-likeness (QED) is 0.273. The van der Waals surface area contributed by atoms with Gasteiger partial charge in [-0.3, -0.25) is 19.3 Å². The van der Waals surface area contributed by atoms with E-state index in [0.29, 0.717) is 57.2 Å². The topological polar surface area (TPSA) is 154 Å². The highest BCUT2D eigenvalue weighted by Gasteiger charge is 2.41. The molecule has 1 aliphatic heterocycles. The molecule has 5 rings (SSSR count). The zero-order chi connectivity index (χ0) is 30.7. The normalized spacial score (nSPS) is 16.7. The largest absolute Gasteiger partial charge is 0.384 e. The molecule has 1 atom stereocenters. The molecule has 0 saturated heterocycles. The van der Waals surface area contributed by atoms with Gasteiger partial charge in [0.2, 0.25) is 16.9 Å². The van der Waals surface area contributed by atoms with Crippen LogP contribution in [0.15, 0.2) is 75.5 Å². The second-order valence-corrected chi connectivity index (χ2v) is 12.8. The maximum absolute atomic E-state index is 13.4. The molecule has 12 heteroatoms. The first-order valence-electron chi connectivity index (χ1n) is 13.9. The number of Topliss-reactive ketones (excluding diaryl/α,β-unsaturated/α-hetero) is 1. The number of anilines is 3. The van der Waals surface area contributed by atoms with Gasteiger partial charge in [-0.25, -0.2) is 0 Å². The maximum atomic E-state index is 13.4. The Hall–Kier alpha value is -4.47. The zero-order valence-electron chi connectivity index (χ0n) is 24.0. The fraction of sp³-hybridized carbons (Fsp3) is 0.290. The molecule has 2 amide bonds. The number of carbonyl (C=O) groups is 3. The predicted octanol–water partition coefficient (Wildman–Crippen LogP) is 5.66. The smallest absolute Gasteiger partial charge is 0.234 e. The van der Waals surface area contributed by atoms with Crippen molar-refractivity contribution in [3.63, 3.8) is 0 Å². The standard InChI is InChI=1S/C31H31N7O3S2/c1-17(2)19-7-9-20(10-8-19)27-23(15-32)29(33)38(24-5-4-6-25(40)28(24)27)30-36-37-31(43-30)42-16-26(41)35-22-13-11-21(12-14-22)34-18(3)39/h7-14,17,27H,4-6,16,33H2,1-3H3,(H,34,39)(H,35,41). The molecule has 43 heavy (non-hydrogen) atoms. The minimum atomic E-state index is -0.539. The lowest BCUT2D eigenvalue weighted by atomic mass is 9.75. The summed E-state index contributed by atoms with van der Waals surface area (Å²) in [5.41, 5.74) is 11.6. The van der Waals surface area contributed by atoms with E-state index in [4.69, 9.17) is 5.73 Å². The van der Waals surface area contributed by atoms with Crippen molar-refractivity contribution in [2.45, 2.75) is 56.2 Å². The fourth-order valence-electron chi connectivity index (χ4n) is 5.23. The van der Waals surface area contributed by atoms with Gasteiger partial charge in [0, 0.05) is 36.0 Å². The van der Waals surface area contributed by atoms with E-state index in [1.807, 2.05) is 24.3 Å². The number of rotatable bonds is 8. The van der Waals surface area contributed by atoms with E-state index in [1.165, 1.54) is 35.6 Å². The molecule has 0 radical (unpaired) electrons. The second kappa shape index (κ2) is 12.8. The third-order valence-electron chi connectivity index (χ3n) is 7.25. The molecule has 2 aliphatic rings. The van der Waals surface area contributed by atoms with Crippen LogP contribution >= 0.6 is 23.1 Å². The Morgan fingerprint density at radius 2 is 1.77 bits per heavy atom. The van der Waals surface area contributed by atoms with E-state index in [2.05, 4.69) is 40.7 Å². The van der Waals surface area contributed by atoms with Gasteiger partial charge in [-0.1, -0.05) is 61.2 Å². The number of benzene rings is 2. The molecule has 1 aromatic heterocycles. The van der Waals surface area contributed by atoms with Crippen LogP contribution in [0.4, 0.5) is 16.5 Å². The van der Waals surface area contributed by atoms with Crippen molar-refractivity contribution in [1.82, 2.24) is 10.2 Å². The predicted molar refractivity (Wildman–Crippen MR) is 168 cm³/mol. The van der Waals surface area contributed by atoms with E-state index < -0.39 is 5.92 Å². The van der Waals surface area contributed by atoms with Crippen LogP contribution in [0.3, 0.4) is 0 Å². The van der Waals surface area contributed by atoms with Gasteiger partial charge < -0.3 is 16.4 Å². The Bertz CT molecular complexity index is 1670. The molecule has 2 aromatic carbocycles. The van der Waals surface area contributed by atoms with Crippen molar-refractivity contribution in [3.8, 4) is 6.07 Å². The van der Waals surface area contributed by atoms with Gasteiger partial charge in [-0.2, -0.15) is 5.26 Å². The average Bonchev–Trinajstić information content (AvgIpc) is 3.45. The van der Waals surface area contributed by atoms with Crippen molar-refractivity contribution in [3.05, 3.63) is 82.3 Å². The number of thioether (sulfide) groups is 1. The van der Waals surface area contributed by atoms with Crippen LogP contribution < -0.4 is 21.3 Å². The first-order valence-corrected chi connectivity index (χ1v) is 15.7. The van der Waals surface area contributed by atoms with Crippen LogP contribution in [-0.4, -0.2) is 33.5 Å². The van der Waals surface area contributed by atoms with Gasteiger partial charge in [0.15, 0.2) is 10.1 Å². The Morgan fingerprint density at radius 3 is 2.40 bits per heavy atom. The van der Waals surface area contributed by atoms with Crippen LogP contribution in [0, 0.1) is 11.3 Å². The number of amides is 2. The molecule has 1 aliphatic carbocycles. The molecular formula is C31H31N7O3S2. The molecule has 10 nitrogen and oxygen atoms in total. The van der Waals surface area contributed by atoms with Gasteiger partial charge in [-0.15, -0.1) is 10.2 Å². The van der Waals surface area contributed by atoms with Crippen molar-refractivity contribution in [2.75, 3.05) is 21.3 Å². The summed E-state index contributed by atoms with van der Waals surface area (Å²) >= 11 is 2.48. The third-order valence-corrected chi connectivity index (χ3v) is 9.29. The first-order chi connectivity index (χ1) is 20.7. The van der Waals surface area contributed by atoms with Crippen LogP contribution in [-0.2, 0) is 14.4 Å². The molecule has 0 bridgehead atoms. The van der Waals surface area contributed by atoms with Gasteiger partial charge in [0.05, 0.1) is 23.3 Å². The van der Waals surface area contributed by atoms with Crippen molar-refractivity contribution < 1.29 is 14.4 Å². The number of nitrogens with one attached hydrogen (secondary N) is 2. The highest BCUT2D eigenvalue weighted by atomic mass is 32.2. The minimum Gasteiger partial charge on any atom is -0.384 e. The molecule has 4 N–H and O–H groups in total. The maximum Gasteiger partial charge on any atom is 0.234 e. The number of ketones is 1. The average molecular weight is 614 g/mol. The lowest BCUT2D eigenvalue weighted by Crippen LogP contribution is -2.38. The number of allylic oxidation sites excluding steroid dienone is 3. The summed E-state index contributed by atoms with van der Waals surface area (Å²) in [6.07, 6.45) is 1.70. The van der Waals surface area contributed by atoms with Gasteiger partial charge in [0.25, 0.3) is 0 Å². The first kappa shape index (κ1) is 30.0. The second-order valence-electron chi connectivity index (χ2n) is 10.6. The highest BCUT2D eigenvalue weighted by molar-refractivity contribution is 8.01. The number of nitrogens with zero attached hydrogens (tertiary/aromatic N) is 4. The number of hydrogen-bond donors (Lipinski definition) is 3. The minimum absolute atomic E-state index is 0.00493. The SMILES string of the molecule is CC(=O)Nc1ccc(NC(=O)CSc2nnc(N3C(N)=C(C#N)C(c4ccc(C(C)C)cc4)C4=C3CCCC4=O)s2)cc1. The zero-order valence-corrected chi connectivity index (χ0v) is 25.6. The number of nitrogens with two attached hydrogens (primary N) is 1. The molecule has 220 valence electrons. The molecular weight excluding hydrogens is 583 g/mol. The summed E-state index contributed by atoms with van der Waals surface area (Å²) in [7, 11) is 0. The van der Waals surface area contributed by atoms with Crippen LogP contribution in [0.1, 0.15) is 63.0 Å². The molecule has 1 unspecified atom stereocenters. The Labute approximate surface area is 258 Å². The van der Waals surface area contributed by atoms with Crippen molar-refractivity contribution in [2.24, 2.45) is 5.73 Å². The molecule has 0 spiro atoms. The Morgan fingerprint density at radius 1 is 1.09 bits per heavy atom. The number of carbonyl (C=O) groups excluding carboxylic acids is 3. The van der Waals surface area contributed by atoms with Crippen LogP contribution in [0.25, 0.3) is 0 Å².